The first-order valence-corrected chi connectivity index (χ1v) is 5.65. The summed E-state index contributed by atoms with van der Waals surface area (Å²) in [4.78, 5) is 0. The van der Waals surface area contributed by atoms with E-state index in [-0.39, 0.29) is 12.6 Å². The lowest BCUT2D eigenvalue weighted by Crippen LogP contribution is -2.26. The van der Waals surface area contributed by atoms with Gasteiger partial charge in [-0.3, -0.25) is 0 Å². The van der Waals surface area contributed by atoms with Crippen LogP contribution in [0.15, 0.2) is 18.2 Å². The molecule has 0 aliphatic carbocycles. The van der Waals surface area contributed by atoms with Gasteiger partial charge in [-0.2, -0.15) is 5.26 Å². The molecule has 1 rings (SSSR count). The van der Waals surface area contributed by atoms with Crippen molar-refractivity contribution in [2.45, 2.75) is 12.5 Å². The molecule has 5 heteroatoms. The van der Waals surface area contributed by atoms with Crippen LogP contribution in [-0.2, 0) is 4.74 Å². The van der Waals surface area contributed by atoms with Gasteiger partial charge < -0.3 is 15.2 Å². The van der Waals surface area contributed by atoms with Crippen molar-refractivity contribution in [2.75, 3.05) is 25.6 Å². The summed E-state index contributed by atoms with van der Waals surface area (Å²) in [6, 6.07) is 7.16. The van der Waals surface area contributed by atoms with Gasteiger partial charge in [0.2, 0.25) is 0 Å². The van der Waals surface area contributed by atoms with Crippen LogP contribution in [-0.4, -0.2) is 31.5 Å². The summed E-state index contributed by atoms with van der Waals surface area (Å²) in [6.07, 6.45) is 0.589. The first-order chi connectivity index (χ1) is 8.21. The van der Waals surface area contributed by atoms with Crippen LogP contribution in [0.4, 0.5) is 5.69 Å². The maximum absolute atomic E-state index is 8.91. The minimum Gasteiger partial charge on any atom is -0.396 e. The maximum Gasteiger partial charge on any atom is 0.101 e. The quantitative estimate of drug-likeness (QED) is 0.815. The van der Waals surface area contributed by atoms with E-state index in [9.17, 15) is 0 Å². The molecule has 0 spiro atoms. The second-order valence-electron chi connectivity index (χ2n) is 3.62. The fourth-order valence-corrected chi connectivity index (χ4v) is 1.71. The van der Waals surface area contributed by atoms with Crippen molar-refractivity contribution in [3.8, 4) is 6.07 Å². The molecule has 0 heterocycles. The Morgan fingerprint density at radius 1 is 1.59 bits per heavy atom. The van der Waals surface area contributed by atoms with Gasteiger partial charge >= 0.3 is 0 Å². The van der Waals surface area contributed by atoms with E-state index in [1.54, 1.807) is 25.3 Å². The van der Waals surface area contributed by atoms with Gasteiger partial charge in [0, 0.05) is 19.4 Å². The summed E-state index contributed by atoms with van der Waals surface area (Å²) >= 11 is 5.92. The molecule has 17 heavy (non-hydrogen) atoms. The van der Waals surface area contributed by atoms with Crippen molar-refractivity contribution < 1.29 is 9.84 Å². The molecule has 1 unspecified atom stereocenters. The molecular weight excluding hydrogens is 240 g/mol. The number of hydrogen-bond donors (Lipinski definition) is 2. The number of aliphatic hydroxyl groups excluding tert-OH is 1. The number of ether oxygens (including phenoxy) is 1. The molecule has 0 aliphatic heterocycles. The van der Waals surface area contributed by atoms with Gasteiger partial charge in [0.25, 0.3) is 0 Å². The van der Waals surface area contributed by atoms with E-state index < -0.39 is 0 Å². The molecule has 1 aromatic rings. The summed E-state index contributed by atoms with van der Waals surface area (Å²) in [5.41, 5.74) is 1.26. The Labute approximate surface area is 106 Å². The van der Waals surface area contributed by atoms with Crippen LogP contribution in [0.1, 0.15) is 12.0 Å². The van der Waals surface area contributed by atoms with Crippen LogP contribution in [0, 0.1) is 11.3 Å². The molecule has 0 aromatic heterocycles. The number of aliphatic hydroxyl groups is 1. The monoisotopic (exact) mass is 254 g/mol. The normalized spacial score (nSPS) is 11.9. The predicted octanol–water partition coefficient (Wildman–Crippen LogP) is 2.02. The average Bonchev–Trinajstić information content (AvgIpc) is 2.30. The number of rotatable bonds is 6. The minimum atomic E-state index is 0.0222. The topological polar surface area (TPSA) is 65.3 Å². The van der Waals surface area contributed by atoms with Gasteiger partial charge in [0.1, 0.15) is 6.07 Å². The van der Waals surface area contributed by atoms with Crippen molar-refractivity contribution in [3.63, 3.8) is 0 Å². The Balaban J connectivity index is 2.72. The minimum absolute atomic E-state index is 0.0222. The van der Waals surface area contributed by atoms with Gasteiger partial charge in [-0.05, 0) is 24.6 Å². The Hall–Kier alpha value is -1.28. The molecule has 0 amide bonds. The summed E-state index contributed by atoms with van der Waals surface area (Å²) < 4.78 is 5.04. The zero-order valence-electron chi connectivity index (χ0n) is 9.61. The Kier molecular flexibility index (Phi) is 5.78. The van der Waals surface area contributed by atoms with E-state index in [1.807, 2.05) is 6.07 Å². The third-order valence-corrected chi connectivity index (χ3v) is 2.62. The van der Waals surface area contributed by atoms with Crippen molar-refractivity contribution >= 4 is 17.3 Å². The molecule has 0 aliphatic rings. The lowest BCUT2D eigenvalue weighted by Gasteiger charge is -2.18. The molecule has 0 radical (unpaired) electrons. The van der Waals surface area contributed by atoms with Crippen molar-refractivity contribution in [1.29, 1.82) is 5.26 Å². The maximum atomic E-state index is 8.91. The van der Waals surface area contributed by atoms with E-state index >= 15 is 0 Å². The second-order valence-corrected chi connectivity index (χ2v) is 4.02. The van der Waals surface area contributed by atoms with Crippen LogP contribution < -0.4 is 5.32 Å². The summed E-state index contributed by atoms with van der Waals surface area (Å²) in [6.45, 7) is 0.587. The predicted molar refractivity (Wildman–Crippen MR) is 67.2 cm³/mol. The highest BCUT2D eigenvalue weighted by Gasteiger charge is 2.08. The molecular formula is C12H15ClN2O2. The molecule has 1 aromatic carbocycles. The summed E-state index contributed by atoms with van der Waals surface area (Å²) in [7, 11) is 1.61. The zero-order chi connectivity index (χ0) is 12.7. The number of anilines is 1. The largest absolute Gasteiger partial charge is 0.396 e. The van der Waals surface area contributed by atoms with Crippen LogP contribution >= 0.6 is 11.6 Å². The number of benzene rings is 1. The first kappa shape index (κ1) is 13.8. The number of methoxy groups -OCH3 is 1. The van der Waals surface area contributed by atoms with Crippen LogP contribution in [0.2, 0.25) is 5.02 Å². The van der Waals surface area contributed by atoms with E-state index in [0.29, 0.717) is 23.6 Å². The van der Waals surface area contributed by atoms with Gasteiger partial charge in [-0.15, -0.1) is 0 Å². The highest BCUT2D eigenvalue weighted by Crippen LogP contribution is 2.21. The third-order valence-electron chi connectivity index (χ3n) is 2.31. The van der Waals surface area contributed by atoms with E-state index in [1.165, 1.54) is 0 Å². The molecule has 0 bridgehead atoms. The average molecular weight is 255 g/mol. The number of halogens is 1. The Morgan fingerprint density at radius 2 is 2.35 bits per heavy atom. The van der Waals surface area contributed by atoms with Crippen LogP contribution in [0.25, 0.3) is 0 Å². The second kappa shape index (κ2) is 7.13. The van der Waals surface area contributed by atoms with Crippen LogP contribution in [0.3, 0.4) is 0 Å². The number of nitrogens with zero attached hydrogens (tertiary/aromatic N) is 1. The fourth-order valence-electron chi connectivity index (χ4n) is 1.49. The zero-order valence-corrected chi connectivity index (χ0v) is 10.4. The van der Waals surface area contributed by atoms with Crippen molar-refractivity contribution in [3.05, 3.63) is 28.8 Å². The summed E-state index contributed by atoms with van der Waals surface area (Å²) in [5, 5.41) is 21.3. The molecule has 92 valence electrons. The van der Waals surface area contributed by atoms with E-state index in [4.69, 9.17) is 26.7 Å². The molecule has 1 atom stereocenters. The van der Waals surface area contributed by atoms with Gasteiger partial charge in [-0.1, -0.05) is 11.6 Å². The smallest absolute Gasteiger partial charge is 0.101 e. The van der Waals surface area contributed by atoms with Crippen molar-refractivity contribution in [1.82, 2.24) is 0 Å². The van der Waals surface area contributed by atoms with Crippen molar-refractivity contribution in [2.24, 2.45) is 0 Å². The standard InChI is InChI=1S/C12H15ClN2O2/c1-17-8-11(4-5-16)15-10-3-2-9(7-14)12(13)6-10/h2-3,6,11,15-16H,4-5,8H2,1H3. The molecule has 0 saturated heterocycles. The van der Waals surface area contributed by atoms with Crippen LogP contribution in [0.5, 0.6) is 0 Å². The SMILES string of the molecule is COCC(CCO)Nc1ccc(C#N)c(Cl)c1. The molecule has 0 saturated carbocycles. The van der Waals surface area contributed by atoms with E-state index in [0.717, 1.165) is 5.69 Å². The van der Waals surface area contributed by atoms with E-state index in [2.05, 4.69) is 5.32 Å². The lowest BCUT2D eigenvalue weighted by molar-refractivity contribution is 0.170. The van der Waals surface area contributed by atoms with Gasteiger partial charge in [-0.25, -0.2) is 0 Å². The fraction of sp³-hybridized carbons (Fsp3) is 0.417. The number of hydrogen-bond acceptors (Lipinski definition) is 4. The molecule has 0 fully saturated rings. The van der Waals surface area contributed by atoms with Gasteiger partial charge in [0.05, 0.1) is 23.2 Å². The Morgan fingerprint density at radius 3 is 2.88 bits per heavy atom. The molecule has 2 N–H and O–H groups in total. The number of nitriles is 1. The van der Waals surface area contributed by atoms with Gasteiger partial charge in [0.15, 0.2) is 0 Å². The highest BCUT2D eigenvalue weighted by molar-refractivity contribution is 6.32. The Bertz CT molecular complexity index is 398. The lowest BCUT2D eigenvalue weighted by atomic mass is 10.2. The molecule has 4 nitrogen and oxygen atoms in total. The highest BCUT2D eigenvalue weighted by atomic mass is 35.5. The summed E-state index contributed by atoms with van der Waals surface area (Å²) in [5.74, 6) is 0. The first-order valence-electron chi connectivity index (χ1n) is 5.27. The third kappa shape index (κ3) is 4.23. The number of nitrogens with one attached hydrogen (secondary N) is 1.